The minimum atomic E-state index is -0.384. The third kappa shape index (κ3) is 6.07. The predicted octanol–water partition coefficient (Wildman–Crippen LogP) is 4.48. The SMILES string of the molecule is Cc1cn(Cc2cc([C@H](Cc3ccccc3)NCc3ccccc3)no2)c(=O)n(Cc2ccccc2)c1=O. The highest BCUT2D eigenvalue weighted by Crippen LogP contribution is 2.20. The highest BCUT2D eigenvalue weighted by molar-refractivity contribution is 5.21. The molecule has 5 aromatic rings. The van der Waals surface area contributed by atoms with Crippen LogP contribution in [0.15, 0.2) is 117 Å². The highest BCUT2D eigenvalue weighted by Gasteiger charge is 2.18. The zero-order valence-corrected chi connectivity index (χ0v) is 21.3. The molecule has 0 amide bonds. The van der Waals surface area contributed by atoms with Gasteiger partial charge in [-0.2, -0.15) is 0 Å². The lowest BCUT2D eigenvalue weighted by Crippen LogP contribution is -2.41. The average Bonchev–Trinajstić information content (AvgIpc) is 3.42. The van der Waals surface area contributed by atoms with Crippen LogP contribution in [-0.4, -0.2) is 14.3 Å². The Bertz CT molecular complexity index is 1590. The fourth-order valence-electron chi connectivity index (χ4n) is 4.52. The first kappa shape index (κ1) is 25.2. The van der Waals surface area contributed by atoms with E-state index in [1.165, 1.54) is 20.3 Å². The Morgan fingerprint density at radius 1 is 0.816 bits per heavy atom. The third-order valence-electron chi connectivity index (χ3n) is 6.53. The molecule has 0 bridgehead atoms. The standard InChI is InChI=1S/C31H30N4O3/c1-23-20-34(31(37)35(30(23)36)21-26-15-9-4-10-16-26)22-27-18-29(33-38-27)28(17-24-11-5-2-6-12-24)32-19-25-13-7-3-8-14-25/h2-16,18,20,28,32H,17,19,21-22H2,1H3/t28-/m0/s1. The minimum Gasteiger partial charge on any atom is -0.359 e. The molecule has 2 heterocycles. The van der Waals surface area contributed by atoms with E-state index in [2.05, 4.69) is 34.7 Å². The van der Waals surface area contributed by atoms with Crippen LogP contribution in [0.5, 0.6) is 0 Å². The monoisotopic (exact) mass is 506 g/mol. The number of hydrogen-bond donors (Lipinski definition) is 1. The maximum absolute atomic E-state index is 13.2. The normalized spacial score (nSPS) is 11.9. The first-order valence-electron chi connectivity index (χ1n) is 12.7. The van der Waals surface area contributed by atoms with Gasteiger partial charge < -0.3 is 9.84 Å². The van der Waals surface area contributed by atoms with E-state index < -0.39 is 0 Å². The van der Waals surface area contributed by atoms with Crippen LogP contribution < -0.4 is 16.6 Å². The Hall–Kier alpha value is -4.49. The molecule has 38 heavy (non-hydrogen) atoms. The van der Waals surface area contributed by atoms with Crippen LogP contribution in [-0.2, 0) is 26.1 Å². The van der Waals surface area contributed by atoms with E-state index in [4.69, 9.17) is 4.52 Å². The second-order valence-corrected chi connectivity index (χ2v) is 9.43. The first-order valence-corrected chi connectivity index (χ1v) is 12.7. The van der Waals surface area contributed by atoms with Crippen molar-refractivity contribution < 1.29 is 4.52 Å². The number of rotatable bonds is 10. The lowest BCUT2D eigenvalue weighted by Gasteiger charge is -2.16. The molecule has 192 valence electrons. The fourth-order valence-corrected chi connectivity index (χ4v) is 4.52. The predicted molar refractivity (Wildman–Crippen MR) is 147 cm³/mol. The zero-order valence-electron chi connectivity index (χ0n) is 21.3. The average molecular weight is 507 g/mol. The largest absolute Gasteiger partial charge is 0.359 e. The van der Waals surface area contributed by atoms with Crippen molar-refractivity contribution in [2.24, 2.45) is 0 Å². The van der Waals surface area contributed by atoms with Gasteiger partial charge in [-0.25, -0.2) is 4.79 Å². The van der Waals surface area contributed by atoms with Crippen molar-refractivity contribution in [2.75, 3.05) is 0 Å². The van der Waals surface area contributed by atoms with E-state index in [9.17, 15) is 9.59 Å². The van der Waals surface area contributed by atoms with Gasteiger partial charge in [0.1, 0.15) is 5.69 Å². The van der Waals surface area contributed by atoms with Crippen LogP contribution >= 0.6 is 0 Å². The number of benzene rings is 3. The Morgan fingerprint density at radius 3 is 2.08 bits per heavy atom. The molecule has 0 aliphatic rings. The third-order valence-corrected chi connectivity index (χ3v) is 6.53. The molecule has 0 saturated carbocycles. The molecule has 0 aliphatic carbocycles. The van der Waals surface area contributed by atoms with Gasteiger partial charge in [-0.3, -0.25) is 13.9 Å². The van der Waals surface area contributed by atoms with Gasteiger partial charge in [-0.05, 0) is 30.0 Å². The molecule has 0 saturated heterocycles. The van der Waals surface area contributed by atoms with Crippen LogP contribution in [0.4, 0.5) is 0 Å². The fraction of sp³-hybridized carbons (Fsp3) is 0.194. The lowest BCUT2D eigenvalue weighted by atomic mass is 10.0. The van der Waals surface area contributed by atoms with Crippen LogP contribution in [0.25, 0.3) is 0 Å². The number of nitrogens with one attached hydrogen (secondary N) is 1. The molecule has 0 radical (unpaired) electrons. The molecule has 7 heteroatoms. The Morgan fingerprint density at radius 2 is 1.42 bits per heavy atom. The number of aromatic nitrogens is 3. The van der Waals surface area contributed by atoms with Crippen LogP contribution in [0.2, 0.25) is 0 Å². The molecular formula is C31H30N4O3. The van der Waals surface area contributed by atoms with Crippen molar-refractivity contribution in [3.63, 3.8) is 0 Å². The van der Waals surface area contributed by atoms with Gasteiger partial charge in [-0.1, -0.05) is 96.2 Å². The van der Waals surface area contributed by atoms with Gasteiger partial charge in [0.25, 0.3) is 5.56 Å². The Labute approximate surface area is 221 Å². The molecule has 5 rings (SSSR count). The van der Waals surface area contributed by atoms with Gasteiger partial charge in [0.15, 0.2) is 5.76 Å². The molecule has 7 nitrogen and oxygen atoms in total. The minimum absolute atomic E-state index is 0.0828. The number of nitrogens with zero attached hydrogens (tertiary/aromatic N) is 3. The number of aryl methyl sites for hydroxylation is 1. The van der Waals surface area contributed by atoms with Crippen LogP contribution in [0.1, 0.15) is 39.7 Å². The molecule has 2 aromatic heterocycles. The molecule has 0 spiro atoms. The molecular weight excluding hydrogens is 476 g/mol. The van der Waals surface area contributed by atoms with Crippen molar-refractivity contribution in [3.05, 3.63) is 158 Å². The number of hydrogen-bond acceptors (Lipinski definition) is 5. The molecule has 0 aliphatic heterocycles. The van der Waals surface area contributed by atoms with Crippen molar-refractivity contribution >= 4 is 0 Å². The van der Waals surface area contributed by atoms with E-state index in [1.807, 2.05) is 72.8 Å². The second kappa shape index (κ2) is 11.7. The van der Waals surface area contributed by atoms with E-state index >= 15 is 0 Å². The topological polar surface area (TPSA) is 82.1 Å². The quantitative estimate of drug-likeness (QED) is 0.302. The Balaban J connectivity index is 1.39. The molecule has 0 unspecified atom stereocenters. The van der Waals surface area contributed by atoms with Crippen molar-refractivity contribution in [1.29, 1.82) is 0 Å². The van der Waals surface area contributed by atoms with E-state index in [0.29, 0.717) is 17.9 Å². The summed E-state index contributed by atoms with van der Waals surface area (Å²) in [6, 6.07) is 31.7. The summed E-state index contributed by atoms with van der Waals surface area (Å²) in [6.45, 7) is 2.79. The zero-order chi connectivity index (χ0) is 26.3. The van der Waals surface area contributed by atoms with Crippen molar-refractivity contribution in [3.8, 4) is 0 Å². The smallest absolute Gasteiger partial charge is 0.331 e. The van der Waals surface area contributed by atoms with Crippen LogP contribution in [0.3, 0.4) is 0 Å². The van der Waals surface area contributed by atoms with Gasteiger partial charge in [-0.15, -0.1) is 0 Å². The molecule has 1 atom stereocenters. The summed E-state index contributed by atoms with van der Waals surface area (Å²) >= 11 is 0. The summed E-state index contributed by atoms with van der Waals surface area (Å²) in [4.78, 5) is 26.0. The Kier molecular flexibility index (Phi) is 7.75. The van der Waals surface area contributed by atoms with Gasteiger partial charge >= 0.3 is 5.69 Å². The molecule has 0 fully saturated rings. The maximum Gasteiger partial charge on any atom is 0.331 e. The summed E-state index contributed by atoms with van der Waals surface area (Å²) in [5.41, 5.74) is 3.83. The van der Waals surface area contributed by atoms with Gasteiger partial charge in [0.2, 0.25) is 0 Å². The van der Waals surface area contributed by atoms with Crippen molar-refractivity contribution in [1.82, 2.24) is 19.6 Å². The van der Waals surface area contributed by atoms with E-state index in [-0.39, 0.29) is 30.4 Å². The first-order chi connectivity index (χ1) is 18.6. The summed E-state index contributed by atoms with van der Waals surface area (Å²) in [5, 5.41) is 7.97. The summed E-state index contributed by atoms with van der Waals surface area (Å²) in [7, 11) is 0. The molecule has 3 aromatic carbocycles. The van der Waals surface area contributed by atoms with Gasteiger partial charge in [0.05, 0.1) is 19.1 Å². The van der Waals surface area contributed by atoms with E-state index in [1.54, 1.807) is 13.1 Å². The summed E-state index contributed by atoms with van der Waals surface area (Å²) in [6.07, 6.45) is 2.32. The highest BCUT2D eigenvalue weighted by atomic mass is 16.5. The van der Waals surface area contributed by atoms with Gasteiger partial charge in [0, 0.05) is 24.4 Å². The maximum atomic E-state index is 13.2. The van der Waals surface area contributed by atoms with Crippen molar-refractivity contribution in [2.45, 2.75) is 39.0 Å². The van der Waals surface area contributed by atoms with E-state index in [0.717, 1.165) is 17.7 Å². The summed E-state index contributed by atoms with van der Waals surface area (Å²) < 4.78 is 8.46. The lowest BCUT2D eigenvalue weighted by molar-refractivity contribution is 0.357. The molecule has 1 N–H and O–H groups in total. The second-order valence-electron chi connectivity index (χ2n) is 9.43. The van der Waals surface area contributed by atoms with Crippen LogP contribution in [0, 0.1) is 6.92 Å². The summed E-state index contributed by atoms with van der Waals surface area (Å²) in [5.74, 6) is 0.547.